The molecule has 1 nitrogen and oxygen atoms in total. The van der Waals surface area contributed by atoms with E-state index in [1.165, 1.54) is 51.4 Å². The van der Waals surface area contributed by atoms with Crippen molar-refractivity contribution in [3.63, 3.8) is 0 Å². The fourth-order valence-electron chi connectivity index (χ4n) is 1.48. The quantitative estimate of drug-likeness (QED) is 0.423. The third-order valence-corrected chi connectivity index (χ3v) is 2.35. The number of unbranched alkanes of at least 4 members (excludes halogenated alkanes) is 7. The average molecular weight is 258 g/mol. The SMILES string of the molecule is CC(C)(C)C.CCCCCCCCCCOCC. The van der Waals surface area contributed by atoms with Crippen molar-refractivity contribution >= 4 is 0 Å². The van der Waals surface area contributed by atoms with Crippen LogP contribution in [0, 0.1) is 5.41 Å². The van der Waals surface area contributed by atoms with Crippen molar-refractivity contribution in [1.29, 1.82) is 0 Å². The molecular weight excluding hydrogens is 220 g/mol. The van der Waals surface area contributed by atoms with Gasteiger partial charge in [0.2, 0.25) is 0 Å². The maximum absolute atomic E-state index is 5.28. The number of hydrogen-bond donors (Lipinski definition) is 0. The average Bonchev–Trinajstić information content (AvgIpc) is 2.25. The molecule has 0 atom stereocenters. The lowest BCUT2D eigenvalue weighted by atomic mass is 10.0. The highest BCUT2D eigenvalue weighted by Crippen LogP contribution is 2.08. The van der Waals surface area contributed by atoms with Gasteiger partial charge in [-0.25, -0.2) is 0 Å². The third kappa shape index (κ3) is 36.0. The Kier molecular flexibility index (Phi) is 16.9. The van der Waals surface area contributed by atoms with Crippen LogP contribution in [-0.2, 0) is 4.74 Å². The minimum Gasteiger partial charge on any atom is -0.382 e. The Morgan fingerprint density at radius 1 is 0.667 bits per heavy atom. The molecule has 0 aromatic carbocycles. The molecule has 0 saturated heterocycles. The van der Waals surface area contributed by atoms with Crippen molar-refractivity contribution in [2.24, 2.45) is 5.41 Å². The van der Waals surface area contributed by atoms with Crippen LogP contribution in [0.2, 0.25) is 0 Å². The van der Waals surface area contributed by atoms with Gasteiger partial charge in [-0.2, -0.15) is 0 Å². The first kappa shape index (κ1) is 20.3. The van der Waals surface area contributed by atoms with Gasteiger partial charge in [0.05, 0.1) is 0 Å². The molecule has 0 saturated carbocycles. The molecule has 1 heteroatoms. The van der Waals surface area contributed by atoms with Crippen LogP contribution in [0.5, 0.6) is 0 Å². The highest BCUT2D eigenvalue weighted by atomic mass is 16.5. The standard InChI is InChI=1S/C12H26O.C5H12/c1-3-5-6-7-8-9-10-11-12-13-4-2;1-5(2,3)4/h3-12H2,1-2H3;1-4H3. The van der Waals surface area contributed by atoms with Crippen molar-refractivity contribution in [2.45, 2.75) is 92.9 Å². The van der Waals surface area contributed by atoms with Crippen molar-refractivity contribution in [1.82, 2.24) is 0 Å². The van der Waals surface area contributed by atoms with Gasteiger partial charge in [-0.15, -0.1) is 0 Å². The topological polar surface area (TPSA) is 9.23 Å². The molecule has 0 aliphatic carbocycles. The van der Waals surface area contributed by atoms with Crippen LogP contribution in [0.1, 0.15) is 92.9 Å². The molecule has 112 valence electrons. The van der Waals surface area contributed by atoms with Gasteiger partial charge >= 0.3 is 0 Å². The lowest BCUT2D eigenvalue weighted by Gasteiger charge is -2.05. The predicted molar refractivity (Wildman–Crippen MR) is 84.2 cm³/mol. The van der Waals surface area contributed by atoms with Gasteiger partial charge in [-0.1, -0.05) is 79.6 Å². The smallest absolute Gasteiger partial charge is 0.0465 e. The molecule has 18 heavy (non-hydrogen) atoms. The van der Waals surface area contributed by atoms with E-state index in [2.05, 4.69) is 41.5 Å². The van der Waals surface area contributed by atoms with E-state index in [0.29, 0.717) is 5.41 Å². The van der Waals surface area contributed by atoms with Crippen molar-refractivity contribution < 1.29 is 4.74 Å². The summed E-state index contributed by atoms with van der Waals surface area (Å²) in [6, 6.07) is 0. The Hall–Kier alpha value is -0.0400. The Morgan fingerprint density at radius 3 is 1.44 bits per heavy atom. The number of hydrogen-bond acceptors (Lipinski definition) is 1. The Bertz CT molecular complexity index is 119. The van der Waals surface area contributed by atoms with E-state index >= 15 is 0 Å². The van der Waals surface area contributed by atoms with E-state index in [9.17, 15) is 0 Å². The lowest BCUT2D eigenvalue weighted by Crippen LogP contribution is -1.93. The molecule has 0 heterocycles. The summed E-state index contributed by atoms with van der Waals surface area (Å²) in [5.41, 5.74) is 0.500. The second kappa shape index (κ2) is 15.0. The Balaban J connectivity index is 0. The van der Waals surface area contributed by atoms with Gasteiger partial charge in [0.15, 0.2) is 0 Å². The summed E-state index contributed by atoms with van der Waals surface area (Å²) >= 11 is 0. The highest BCUT2D eigenvalue weighted by Gasteiger charge is 1.95. The monoisotopic (exact) mass is 258 g/mol. The zero-order valence-electron chi connectivity index (χ0n) is 14.0. The fourth-order valence-corrected chi connectivity index (χ4v) is 1.48. The molecule has 0 radical (unpaired) electrons. The molecule has 0 aliphatic heterocycles. The van der Waals surface area contributed by atoms with E-state index in [4.69, 9.17) is 4.74 Å². The van der Waals surface area contributed by atoms with Crippen LogP contribution in [-0.4, -0.2) is 13.2 Å². The van der Waals surface area contributed by atoms with Gasteiger partial charge in [0.25, 0.3) is 0 Å². The summed E-state index contributed by atoms with van der Waals surface area (Å²) in [6.07, 6.45) is 11.1. The summed E-state index contributed by atoms with van der Waals surface area (Å²) in [6.45, 7) is 14.9. The first-order valence-electron chi connectivity index (χ1n) is 7.99. The van der Waals surface area contributed by atoms with Crippen LogP contribution in [0.15, 0.2) is 0 Å². The van der Waals surface area contributed by atoms with E-state index in [-0.39, 0.29) is 0 Å². The molecule has 0 N–H and O–H groups in total. The van der Waals surface area contributed by atoms with E-state index in [1.807, 2.05) is 0 Å². The van der Waals surface area contributed by atoms with Gasteiger partial charge in [0, 0.05) is 13.2 Å². The van der Waals surface area contributed by atoms with Crippen LogP contribution >= 0.6 is 0 Å². The summed E-state index contributed by atoms with van der Waals surface area (Å²) in [5, 5.41) is 0. The van der Waals surface area contributed by atoms with Crippen molar-refractivity contribution in [3.05, 3.63) is 0 Å². The molecular formula is C17H38O. The molecule has 0 fully saturated rings. The van der Waals surface area contributed by atoms with E-state index < -0.39 is 0 Å². The summed E-state index contributed by atoms with van der Waals surface area (Å²) in [7, 11) is 0. The summed E-state index contributed by atoms with van der Waals surface area (Å²) < 4.78 is 5.28. The molecule has 0 aliphatic rings. The van der Waals surface area contributed by atoms with Crippen LogP contribution in [0.4, 0.5) is 0 Å². The van der Waals surface area contributed by atoms with Crippen LogP contribution in [0.25, 0.3) is 0 Å². The summed E-state index contributed by atoms with van der Waals surface area (Å²) in [4.78, 5) is 0. The van der Waals surface area contributed by atoms with E-state index in [1.54, 1.807) is 0 Å². The summed E-state index contributed by atoms with van der Waals surface area (Å²) in [5.74, 6) is 0. The minimum atomic E-state index is 0.500. The zero-order valence-corrected chi connectivity index (χ0v) is 14.0. The second-order valence-electron chi connectivity index (χ2n) is 6.67. The van der Waals surface area contributed by atoms with Gasteiger partial charge in [-0.3, -0.25) is 0 Å². The third-order valence-electron chi connectivity index (χ3n) is 2.35. The van der Waals surface area contributed by atoms with Crippen LogP contribution in [0.3, 0.4) is 0 Å². The molecule has 0 unspecified atom stereocenters. The zero-order chi connectivity index (χ0) is 14.3. The van der Waals surface area contributed by atoms with Gasteiger partial charge in [0.1, 0.15) is 0 Å². The molecule has 0 aromatic rings. The first-order valence-corrected chi connectivity index (χ1v) is 7.99. The van der Waals surface area contributed by atoms with E-state index in [0.717, 1.165) is 13.2 Å². The van der Waals surface area contributed by atoms with Crippen molar-refractivity contribution in [2.75, 3.05) is 13.2 Å². The Morgan fingerprint density at radius 2 is 1.06 bits per heavy atom. The molecule has 0 aromatic heterocycles. The highest BCUT2D eigenvalue weighted by molar-refractivity contribution is 4.47. The predicted octanol–water partition coefficient (Wildman–Crippen LogP) is 6.22. The first-order chi connectivity index (χ1) is 8.41. The molecule has 0 bridgehead atoms. The largest absolute Gasteiger partial charge is 0.382 e. The number of rotatable bonds is 10. The van der Waals surface area contributed by atoms with Gasteiger partial charge < -0.3 is 4.74 Å². The molecule has 0 rings (SSSR count). The molecule has 0 amide bonds. The maximum atomic E-state index is 5.28. The maximum Gasteiger partial charge on any atom is 0.0465 e. The fraction of sp³-hybridized carbons (Fsp3) is 1.00. The Labute approximate surface area is 117 Å². The lowest BCUT2D eigenvalue weighted by molar-refractivity contribution is 0.143. The number of ether oxygens (including phenoxy) is 1. The normalized spacial score (nSPS) is 11.0. The minimum absolute atomic E-state index is 0.500. The molecule has 0 spiro atoms. The second-order valence-corrected chi connectivity index (χ2v) is 6.67. The van der Waals surface area contributed by atoms with Gasteiger partial charge in [-0.05, 0) is 18.8 Å². The van der Waals surface area contributed by atoms with Crippen LogP contribution < -0.4 is 0 Å². The van der Waals surface area contributed by atoms with Crippen molar-refractivity contribution in [3.8, 4) is 0 Å².